The van der Waals surface area contributed by atoms with E-state index in [1.54, 1.807) is 31.2 Å². The zero-order valence-electron chi connectivity index (χ0n) is 16.3. The van der Waals surface area contributed by atoms with Crippen LogP contribution < -0.4 is 10.1 Å². The average Bonchev–Trinajstić information content (AvgIpc) is 3.18. The Morgan fingerprint density at radius 2 is 1.84 bits per heavy atom. The molecule has 0 aliphatic rings. The van der Waals surface area contributed by atoms with Crippen LogP contribution in [0, 0.1) is 10.1 Å². The number of esters is 1. The first-order valence-electron chi connectivity index (χ1n) is 9.07. The molecule has 0 unspecified atom stereocenters. The molecule has 0 saturated heterocycles. The molecule has 11 heteroatoms. The van der Waals surface area contributed by atoms with Gasteiger partial charge in [-0.2, -0.15) is 5.10 Å². The van der Waals surface area contributed by atoms with E-state index in [2.05, 4.69) is 10.4 Å². The SMILES string of the molecule is CCOC(=O)c1nn(-c2ccc([N+](=O)[O-])cc2)cc1OCC(=O)Nc1ccc(Cl)cc1. The highest BCUT2D eigenvalue weighted by atomic mass is 35.5. The summed E-state index contributed by atoms with van der Waals surface area (Å²) in [7, 11) is 0. The predicted molar refractivity (Wildman–Crippen MR) is 112 cm³/mol. The van der Waals surface area contributed by atoms with Crippen molar-refractivity contribution < 1.29 is 24.0 Å². The van der Waals surface area contributed by atoms with Gasteiger partial charge in [-0.15, -0.1) is 0 Å². The molecular weight excluding hydrogens is 428 g/mol. The van der Waals surface area contributed by atoms with Crippen LogP contribution in [0.15, 0.2) is 54.7 Å². The number of halogens is 1. The van der Waals surface area contributed by atoms with Crippen LogP contribution in [0.1, 0.15) is 17.4 Å². The Morgan fingerprint density at radius 3 is 2.45 bits per heavy atom. The van der Waals surface area contributed by atoms with E-state index < -0.39 is 16.8 Å². The molecule has 0 fully saturated rings. The van der Waals surface area contributed by atoms with Crippen LogP contribution in [0.4, 0.5) is 11.4 Å². The summed E-state index contributed by atoms with van der Waals surface area (Å²) in [5.41, 5.74) is 0.776. The number of carbonyl (C=O) groups is 2. The fourth-order valence-electron chi connectivity index (χ4n) is 2.54. The van der Waals surface area contributed by atoms with Crippen molar-refractivity contribution in [2.24, 2.45) is 0 Å². The molecule has 1 heterocycles. The number of hydrogen-bond acceptors (Lipinski definition) is 7. The van der Waals surface area contributed by atoms with Crippen LogP contribution in [0.5, 0.6) is 5.75 Å². The Hall–Kier alpha value is -3.92. The number of ether oxygens (including phenoxy) is 2. The van der Waals surface area contributed by atoms with E-state index in [9.17, 15) is 19.7 Å². The fourth-order valence-corrected chi connectivity index (χ4v) is 2.66. The number of nitro groups is 1. The molecule has 3 aromatic rings. The number of nitrogens with zero attached hydrogens (tertiary/aromatic N) is 3. The standard InChI is InChI=1S/C20H17ClN4O6/c1-2-30-20(27)19-17(31-12-18(26)22-14-5-3-13(21)4-6-14)11-24(23-19)15-7-9-16(10-8-15)25(28)29/h3-11H,2,12H2,1H3,(H,22,26). The van der Waals surface area contributed by atoms with Crippen LogP contribution in [-0.2, 0) is 9.53 Å². The van der Waals surface area contributed by atoms with Crippen LogP contribution in [0.2, 0.25) is 5.02 Å². The van der Waals surface area contributed by atoms with Crippen molar-refractivity contribution in [3.8, 4) is 11.4 Å². The van der Waals surface area contributed by atoms with Gasteiger partial charge in [-0.05, 0) is 43.3 Å². The zero-order chi connectivity index (χ0) is 22.4. The summed E-state index contributed by atoms with van der Waals surface area (Å²) < 4.78 is 11.8. The summed E-state index contributed by atoms with van der Waals surface area (Å²) in [5, 5.41) is 18.1. The minimum atomic E-state index is -0.726. The second-order valence-corrected chi connectivity index (χ2v) is 6.56. The van der Waals surface area contributed by atoms with Gasteiger partial charge in [0.05, 0.1) is 23.4 Å². The summed E-state index contributed by atoms with van der Waals surface area (Å²) in [6.07, 6.45) is 1.39. The van der Waals surface area contributed by atoms with Gasteiger partial charge in [0.2, 0.25) is 5.69 Å². The summed E-state index contributed by atoms with van der Waals surface area (Å²) in [6, 6.07) is 12.1. The van der Waals surface area contributed by atoms with Gasteiger partial charge >= 0.3 is 5.97 Å². The van der Waals surface area contributed by atoms with E-state index in [1.807, 2.05) is 0 Å². The number of carbonyl (C=O) groups excluding carboxylic acids is 2. The van der Waals surface area contributed by atoms with Crippen molar-refractivity contribution in [2.75, 3.05) is 18.5 Å². The maximum Gasteiger partial charge on any atom is 0.362 e. The molecule has 10 nitrogen and oxygen atoms in total. The second-order valence-electron chi connectivity index (χ2n) is 6.12. The van der Waals surface area contributed by atoms with Gasteiger partial charge in [0.15, 0.2) is 12.4 Å². The molecule has 160 valence electrons. The molecule has 0 saturated carbocycles. The first-order chi connectivity index (χ1) is 14.9. The smallest absolute Gasteiger partial charge is 0.362 e. The number of anilines is 1. The molecule has 0 atom stereocenters. The van der Waals surface area contributed by atoms with E-state index >= 15 is 0 Å². The van der Waals surface area contributed by atoms with Crippen LogP contribution in [0.3, 0.4) is 0 Å². The maximum absolute atomic E-state index is 12.2. The molecule has 0 aliphatic carbocycles. The second kappa shape index (κ2) is 9.72. The van der Waals surface area contributed by atoms with Gasteiger partial charge < -0.3 is 14.8 Å². The third-order valence-corrected chi connectivity index (χ3v) is 4.21. The molecule has 1 amide bonds. The molecule has 1 N–H and O–H groups in total. The largest absolute Gasteiger partial charge is 0.480 e. The Balaban J connectivity index is 1.77. The van der Waals surface area contributed by atoms with E-state index in [0.717, 1.165) is 0 Å². The summed E-state index contributed by atoms with van der Waals surface area (Å²) in [4.78, 5) is 34.7. The summed E-state index contributed by atoms with van der Waals surface area (Å²) in [5.74, 6) is -1.15. The molecule has 0 spiro atoms. The number of benzene rings is 2. The van der Waals surface area contributed by atoms with Crippen molar-refractivity contribution in [1.29, 1.82) is 0 Å². The van der Waals surface area contributed by atoms with E-state index in [1.165, 1.54) is 35.1 Å². The van der Waals surface area contributed by atoms with Gasteiger partial charge in [0, 0.05) is 22.8 Å². The third kappa shape index (κ3) is 5.58. The number of non-ortho nitro benzene ring substituents is 1. The highest BCUT2D eigenvalue weighted by molar-refractivity contribution is 6.30. The third-order valence-electron chi connectivity index (χ3n) is 3.96. The van der Waals surface area contributed by atoms with E-state index in [-0.39, 0.29) is 30.3 Å². The highest BCUT2D eigenvalue weighted by Crippen LogP contribution is 2.22. The average molecular weight is 445 g/mol. The minimum absolute atomic E-state index is 0.0306. The van der Waals surface area contributed by atoms with Crippen molar-refractivity contribution in [2.45, 2.75) is 6.92 Å². The lowest BCUT2D eigenvalue weighted by atomic mass is 10.3. The summed E-state index contributed by atoms with van der Waals surface area (Å²) >= 11 is 5.82. The first-order valence-corrected chi connectivity index (χ1v) is 9.45. The Kier molecular flexibility index (Phi) is 6.83. The van der Waals surface area contributed by atoms with Crippen LogP contribution in [-0.4, -0.2) is 39.8 Å². The molecule has 1 aromatic heterocycles. The molecule has 2 aromatic carbocycles. The minimum Gasteiger partial charge on any atom is -0.480 e. The van der Waals surface area contributed by atoms with Gasteiger partial charge in [0.1, 0.15) is 0 Å². The van der Waals surface area contributed by atoms with Crippen molar-refractivity contribution in [3.05, 3.63) is 75.6 Å². The quantitative estimate of drug-likeness (QED) is 0.319. The van der Waals surface area contributed by atoms with Gasteiger partial charge in [-0.25, -0.2) is 9.48 Å². The number of nitro benzene ring substituents is 1. The van der Waals surface area contributed by atoms with Crippen molar-refractivity contribution >= 4 is 34.9 Å². The van der Waals surface area contributed by atoms with Crippen LogP contribution in [0.25, 0.3) is 5.69 Å². The number of nitrogens with one attached hydrogen (secondary N) is 1. The van der Waals surface area contributed by atoms with Gasteiger partial charge in [-0.1, -0.05) is 11.6 Å². The lowest BCUT2D eigenvalue weighted by Gasteiger charge is -2.07. The Morgan fingerprint density at radius 1 is 1.16 bits per heavy atom. The number of amides is 1. The Labute approximate surface area is 181 Å². The van der Waals surface area contributed by atoms with E-state index in [0.29, 0.717) is 16.4 Å². The highest BCUT2D eigenvalue weighted by Gasteiger charge is 2.21. The topological polar surface area (TPSA) is 126 Å². The van der Waals surface area contributed by atoms with E-state index in [4.69, 9.17) is 21.1 Å². The van der Waals surface area contributed by atoms with Gasteiger partial charge in [0.25, 0.3) is 11.6 Å². The van der Waals surface area contributed by atoms with Crippen molar-refractivity contribution in [1.82, 2.24) is 9.78 Å². The van der Waals surface area contributed by atoms with Crippen molar-refractivity contribution in [3.63, 3.8) is 0 Å². The lowest BCUT2D eigenvalue weighted by Crippen LogP contribution is -2.20. The maximum atomic E-state index is 12.2. The van der Waals surface area contributed by atoms with Gasteiger partial charge in [-0.3, -0.25) is 14.9 Å². The monoisotopic (exact) mass is 444 g/mol. The Bertz CT molecular complexity index is 1100. The number of hydrogen-bond donors (Lipinski definition) is 1. The predicted octanol–water partition coefficient (Wildman–Crippen LogP) is 3.63. The molecule has 0 radical (unpaired) electrons. The molecule has 0 bridgehead atoms. The molecule has 3 rings (SSSR count). The number of rotatable bonds is 8. The lowest BCUT2D eigenvalue weighted by molar-refractivity contribution is -0.384. The normalized spacial score (nSPS) is 10.4. The first kappa shape index (κ1) is 21.8. The fraction of sp³-hybridized carbons (Fsp3) is 0.150. The molecular formula is C20H17ClN4O6. The molecule has 31 heavy (non-hydrogen) atoms. The summed E-state index contributed by atoms with van der Waals surface area (Å²) in [6.45, 7) is 1.38. The number of aromatic nitrogens is 2. The van der Waals surface area contributed by atoms with Crippen LogP contribution >= 0.6 is 11.6 Å². The molecule has 0 aliphatic heterocycles. The zero-order valence-corrected chi connectivity index (χ0v) is 17.0.